The van der Waals surface area contributed by atoms with Crippen molar-refractivity contribution in [2.45, 2.75) is 26.2 Å². The number of aliphatic carboxylic acids is 1. The van der Waals surface area contributed by atoms with Gasteiger partial charge in [0, 0.05) is 5.92 Å². The molecule has 84 valence electrons. The normalized spacial score (nSPS) is 13.8. The average Bonchev–Trinajstić information content (AvgIpc) is 2.28. The topological polar surface area (TPSA) is 61.1 Å². The van der Waals surface area contributed by atoms with Gasteiger partial charge in [-0.2, -0.15) is 5.26 Å². The van der Waals surface area contributed by atoms with E-state index in [1.54, 1.807) is 6.92 Å². The average molecular weight is 217 g/mol. The van der Waals surface area contributed by atoms with E-state index in [0.29, 0.717) is 6.42 Å². The Hall–Kier alpha value is -1.82. The number of nitriles is 1. The summed E-state index contributed by atoms with van der Waals surface area (Å²) in [4.78, 5) is 10.8. The molecule has 0 aromatic heterocycles. The van der Waals surface area contributed by atoms with Crippen LogP contribution in [0.2, 0.25) is 0 Å². The first-order chi connectivity index (χ1) is 7.54. The molecule has 1 aromatic carbocycles. The van der Waals surface area contributed by atoms with Gasteiger partial charge in [-0.15, -0.1) is 0 Å². The summed E-state index contributed by atoms with van der Waals surface area (Å²) >= 11 is 0. The molecule has 3 heteroatoms. The quantitative estimate of drug-likeness (QED) is 0.843. The van der Waals surface area contributed by atoms with Crippen molar-refractivity contribution in [3.05, 3.63) is 35.4 Å². The molecule has 2 unspecified atom stereocenters. The molecule has 1 rings (SSSR count). The molecule has 3 nitrogen and oxygen atoms in total. The van der Waals surface area contributed by atoms with Crippen LogP contribution in [-0.2, 0) is 11.2 Å². The van der Waals surface area contributed by atoms with E-state index in [-0.39, 0.29) is 5.92 Å². The second-order valence-corrected chi connectivity index (χ2v) is 4.04. The minimum absolute atomic E-state index is 0.0113. The van der Waals surface area contributed by atoms with Gasteiger partial charge in [0.15, 0.2) is 0 Å². The van der Waals surface area contributed by atoms with Crippen LogP contribution in [0.3, 0.4) is 0 Å². The number of carbonyl (C=O) groups is 1. The lowest BCUT2D eigenvalue weighted by Gasteiger charge is -2.08. The summed E-state index contributed by atoms with van der Waals surface area (Å²) in [5, 5.41) is 17.5. The van der Waals surface area contributed by atoms with Gasteiger partial charge in [-0.05, 0) is 31.4 Å². The van der Waals surface area contributed by atoms with Crippen molar-refractivity contribution >= 4 is 5.97 Å². The standard InChI is InChI=1S/C13H15NO2/c1-9(8-14)7-11-3-5-12(6-4-11)10(2)13(15)16/h3-6,9-10H,7H2,1-2H3,(H,15,16). The number of carboxylic acid groups (broad SMARTS) is 1. The van der Waals surface area contributed by atoms with Crippen LogP contribution < -0.4 is 0 Å². The van der Waals surface area contributed by atoms with Crippen LogP contribution in [0.4, 0.5) is 0 Å². The van der Waals surface area contributed by atoms with Crippen molar-refractivity contribution in [2.24, 2.45) is 5.92 Å². The molecule has 1 aromatic rings. The van der Waals surface area contributed by atoms with E-state index in [1.165, 1.54) is 0 Å². The molecule has 0 saturated heterocycles. The molecule has 16 heavy (non-hydrogen) atoms. The van der Waals surface area contributed by atoms with Crippen molar-refractivity contribution in [1.82, 2.24) is 0 Å². The molecular formula is C13H15NO2. The maximum atomic E-state index is 10.8. The van der Waals surface area contributed by atoms with E-state index >= 15 is 0 Å². The lowest BCUT2D eigenvalue weighted by Crippen LogP contribution is -2.07. The summed E-state index contributed by atoms with van der Waals surface area (Å²) in [7, 11) is 0. The molecule has 0 aliphatic heterocycles. The molecule has 0 aliphatic carbocycles. The Balaban J connectivity index is 2.76. The zero-order chi connectivity index (χ0) is 12.1. The van der Waals surface area contributed by atoms with Crippen LogP contribution >= 0.6 is 0 Å². The highest BCUT2D eigenvalue weighted by Gasteiger charge is 2.13. The predicted octanol–water partition coefficient (Wildman–Crippen LogP) is 2.58. The Morgan fingerprint density at radius 3 is 2.38 bits per heavy atom. The third kappa shape index (κ3) is 3.09. The van der Waals surface area contributed by atoms with Crippen LogP contribution in [0.5, 0.6) is 0 Å². The molecular weight excluding hydrogens is 202 g/mol. The highest BCUT2D eigenvalue weighted by atomic mass is 16.4. The first-order valence-electron chi connectivity index (χ1n) is 5.26. The predicted molar refractivity (Wildman–Crippen MR) is 61.0 cm³/mol. The van der Waals surface area contributed by atoms with Crippen LogP contribution in [-0.4, -0.2) is 11.1 Å². The van der Waals surface area contributed by atoms with Gasteiger partial charge in [0.05, 0.1) is 12.0 Å². The van der Waals surface area contributed by atoms with E-state index in [0.717, 1.165) is 11.1 Å². The lowest BCUT2D eigenvalue weighted by atomic mass is 9.97. The van der Waals surface area contributed by atoms with Crippen molar-refractivity contribution < 1.29 is 9.90 Å². The van der Waals surface area contributed by atoms with Crippen molar-refractivity contribution in [2.75, 3.05) is 0 Å². The third-order valence-corrected chi connectivity index (χ3v) is 2.61. The second-order valence-electron chi connectivity index (χ2n) is 4.04. The minimum Gasteiger partial charge on any atom is -0.481 e. The van der Waals surface area contributed by atoms with E-state index in [1.807, 2.05) is 31.2 Å². The number of benzene rings is 1. The van der Waals surface area contributed by atoms with Gasteiger partial charge in [-0.25, -0.2) is 0 Å². The smallest absolute Gasteiger partial charge is 0.310 e. The van der Waals surface area contributed by atoms with Crippen LogP contribution in [0.25, 0.3) is 0 Å². The summed E-state index contributed by atoms with van der Waals surface area (Å²) in [6.07, 6.45) is 0.707. The van der Waals surface area contributed by atoms with Gasteiger partial charge in [0.2, 0.25) is 0 Å². The number of nitrogens with zero attached hydrogens (tertiary/aromatic N) is 1. The molecule has 0 saturated carbocycles. The summed E-state index contributed by atoms with van der Waals surface area (Å²) in [5.41, 5.74) is 1.86. The van der Waals surface area contributed by atoms with Crippen LogP contribution in [0, 0.1) is 17.2 Å². The van der Waals surface area contributed by atoms with Gasteiger partial charge in [-0.3, -0.25) is 4.79 Å². The Kier molecular flexibility index (Phi) is 4.07. The fourth-order valence-electron chi connectivity index (χ4n) is 1.48. The number of hydrogen-bond donors (Lipinski definition) is 1. The first-order valence-corrected chi connectivity index (χ1v) is 5.26. The molecule has 0 spiro atoms. The Bertz CT molecular complexity index is 403. The molecule has 1 N–H and O–H groups in total. The number of rotatable bonds is 4. The summed E-state index contributed by atoms with van der Waals surface area (Å²) < 4.78 is 0. The summed E-state index contributed by atoms with van der Waals surface area (Å²) in [6.45, 7) is 3.53. The molecule has 0 bridgehead atoms. The van der Waals surface area contributed by atoms with Gasteiger partial charge in [0.1, 0.15) is 0 Å². The van der Waals surface area contributed by atoms with Crippen molar-refractivity contribution in [1.29, 1.82) is 5.26 Å². The Labute approximate surface area is 95.3 Å². The monoisotopic (exact) mass is 217 g/mol. The van der Waals surface area contributed by atoms with E-state index in [9.17, 15) is 4.79 Å². The minimum atomic E-state index is -0.821. The molecule has 0 fully saturated rings. The Morgan fingerprint density at radius 1 is 1.38 bits per heavy atom. The van der Waals surface area contributed by atoms with E-state index in [2.05, 4.69) is 6.07 Å². The highest BCUT2D eigenvalue weighted by Crippen LogP contribution is 2.17. The summed E-state index contributed by atoms with van der Waals surface area (Å²) in [6, 6.07) is 9.59. The lowest BCUT2D eigenvalue weighted by molar-refractivity contribution is -0.138. The molecule has 0 radical (unpaired) electrons. The third-order valence-electron chi connectivity index (χ3n) is 2.61. The highest BCUT2D eigenvalue weighted by molar-refractivity contribution is 5.75. The zero-order valence-corrected chi connectivity index (χ0v) is 9.47. The molecule has 0 amide bonds. The van der Waals surface area contributed by atoms with Crippen LogP contribution in [0.15, 0.2) is 24.3 Å². The van der Waals surface area contributed by atoms with Gasteiger partial charge in [0.25, 0.3) is 0 Å². The largest absolute Gasteiger partial charge is 0.481 e. The maximum Gasteiger partial charge on any atom is 0.310 e. The molecule has 2 atom stereocenters. The van der Waals surface area contributed by atoms with Crippen molar-refractivity contribution in [3.8, 4) is 6.07 Å². The second kappa shape index (κ2) is 5.32. The fourth-order valence-corrected chi connectivity index (χ4v) is 1.48. The van der Waals surface area contributed by atoms with Gasteiger partial charge >= 0.3 is 5.97 Å². The van der Waals surface area contributed by atoms with Crippen molar-refractivity contribution in [3.63, 3.8) is 0 Å². The number of carboxylic acids is 1. The zero-order valence-electron chi connectivity index (χ0n) is 9.47. The Morgan fingerprint density at radius 2 is 1.94 bits per heavy atom. The van der Waals surface area contributed by atoms with Gasteiger partial charge in [-0.1, -0.05) is 24.3 Å². The first kappa shape index (κ1) is 12.3. The maximum absolute atomic E-state index is 10.8. The van der Waals surface area contributed by atoms with Gasteiger partial charge < -0.3 is 5.11 Å². The molecule has 0 aliphatic rings. The van der Waals surface area contributed by atoms with Crippen LogP contribution in [0.1, 0.15) is 30.9 Å². The van der Waals surface area contributed by atoms with E-state index < -0.39 is 11.9 Å². The molecule has 0 heterocycles. The fraction of sp³-hybridized carbons (Fsp3) is 0.385. The number of hydrogen-bond acceptors (Lipinski definition) is 2. The summed E-state index contributed by atoms with van der Waals surface area (Å²) in [5.74, 6) is -1.32. The SMILES string of the molecule is CC(C#N)Cc1ccc(C(C)C(=O)O)cc1. The van der Waals surface area contributed by atoms with E-state index in [4.69, 9.17) is 10.4 Å².